The van der Waals surface area contributed by atoms with Gasteiger partial charge in [-0.15, -0.1) is 0 Å². The molecular weight excluding hydrogens is 425 g/mol. The number of hydrogen-bond donors (Lipinski definition) is 2. The SMILES string of the molecule is O=C(NCc1cccc2cc(CN3CCNCC3)ccc12)c1ccc(-c2ccc(F)cc2)cc1. The molecule has 0 unspecified atom stereocenters. The van der Waals surface area contributed by atoms with E-state index in [-0.39, 0.29) is 11.7 Å². The van der Waals surface area contributed by atoms with Crippen molar-refractivity contribution in [2.24, 2.45) is 0 Å². The Morgan fingerprint density at radius 3 is 2.32 bits per heavy atom. The Balaban J connectivity index is 1.25. The van der Waals surface area contributed by atoms with E-state index in [0.29, 0.717) is 12.1 Å². The molecule has 0 spiro atoms. The van der Waals surface area contributed by atoms with Crippen LogP contribution in [0.4, 0.5) is 4.39 Å². The Labute approximate surface area is 199 Å². The summed E-state index contributed by atoms with van der Waals surface area (Å²) in [6.45, 7) is 5.68. The van der Waals surface area contributed by atoms with Gasteiger partial charge in [-0.25, -0.2) is 4.39 Å². The van der Waals surface area contributed by atoms with E-state index in [1.54, 1.807) is 24.3 Å². The number of carbonyl (C=O) groups is 1. The van der Waals surface area contributed by atoms with Gasteiger partial charge in [0.2, 0.25) is 0 Å². The summed E-state index contributed by atoms with van der Waals surface area (Å²) in [6, 6.07) is 26.6. The molecule has 5 heteroatoms. The summed E-state index contributed by atoms with van der Waals surface area (Å²) in [7, 11) is 0. The van der Waals surface area contributed by atoms with Crippen LogP contribution in [0, 0.1) is 5.82 Å². The minimum atomic E-state index is -0.260. The highest BCUT2D eigenvalue weighted by Gasteiger charge is 2.11. The highest BCUT2D eigenvalue weighted by molar-refractivity contribution is 5.95. The van der Waals surface area contributed by atoms with E-state index >= 15 is 0 Å². The van der Waals surface area contributed by atoms with Crippen LogP contribution in [0.2, 0.25) is 0 Å². The second-order valence-electron chi connectivity index (χ2n) is 8.77. The maximum Gasteiger partial charge on any atom is 0.251 e. The van der Waals surface area contributed by atoms with Crippen molar-refractivity contribution in [3.63, 3.8) is 0 Å². The summed E-state index contributed by atoms with van der Waals surface area (Å²) in [5.74, 6) is -0.373. The minimum Gasteiger partial charge on any atom is -0.348 e. The number of fused-ring (bicyclic) bond motifs is 1. The lowest BCUT2D eigenvalue weighted by Gasteiger charge is -2.27. The summed E-state index contributed by atoms with van der Waals surface area (Å²) < 4.78 is 13.2. The molecule has 0 bridgehead atoms. The smallest absolute Gasteiger partial charge is 0.251 e. The number of piperazine rings is 1. The second-order valence-corrected chi connectivity index (χ2v) is 8.77. The fourth-order valence-electron chi connectivity index (χ4n) is 4.51. The predicted octanol–water partition coefficient (Wildman–Crippen LogP) is 4.98. The van der Waals surface area contributed by atoms with Gasteiger partial charge in [-0.3, -0.25) is 9.69 Å². The van der Waals surface area contributed by atoms with Gasteiger partial charge in [0.15, 0.2) is 0 Å². The topological polar surface area (TPSA) is 44.4 Å². The van der Waals surface area contributed by atoms with E-state index in [1.807, 2.05) is 12.1 Å². The summed E-state index contributed by atoms with van der Waals surface area (Å²) >= 11 is 0. The number of halogens is 1. The number of rotatable bonds is 6. The largest absolute Gasteiger partial charge is 0.348 e. The second kappa shape index (κ2) is 10.2. The first-order chi connectivity index (χ1) is 16.7. The average molecular weight is 454 g/mol. The van der Waals surface area contributed by atoms with Crippen LogP contribution >= 0.6 is 0 Å². The first kappa shape index (κ1) is 22.3. The summed E-state index contributed by atoms with van der Waals surface area (Å²) in [4.78, 5) is 15.2. The van der Waals surface area contributed by atoms with Crippen molar-refractivity contribution >= 4 is 16.7 Å². The van der Waals surface area contributed by atoms with Crippen LogP contribution in [0.1, 0.15) is 21.5 Å². The maximum atomic E-state index is 13.2. The van der Waals surface area contributed by atoms with E-state index in [2.05, 4.69) is 51.9 Å². The van der Waals surface area contributed by atoms with Crippen molar-refractivity contribution < 1.29 is 9.18 Å². The highest BCUT2D eigenvalue weighted by atomic mass is 19.1. The number of hydrogen-bond acceptors (Lipinski definition) is 3. The molecule has 5 rings (SSSR count). The molecule has 1 saturated heterocycles. The number of amides is 1. The van der Waals surface area contributed by atoms with E-state index in [1.165, 1.54) is 28.5 Å². The Bertz CT molecular complexity index is 1280. The molecule has 4 aromatic carbocycles. The molecule has 0 aliphatic carbocycles. The van der Waals surface area contributed by atoms with Gasteiger partial charge in [0.25, 0.3) is 5.91 Å². The van der Waals surface area contributed by atoms with Crippen LogP contribution in [0.15, 0.2) is 84.9 Å². The normalized spacial score (nSPS) is 14.3. The molecule has 1 heterocycles. The van der Waals surface area contributed by atoms with Crippen LogP contribution in [-0.2, 0) is 13.1 Å². The zero-order valence-corrected chi connectivity index (χ0v) is 19.1. The monoisotopic (exact) mass is 453 g/mol. The van der Waals surface area contributed by atoms with Crippen LogP contribution in [0.5, 0.6) is 0 Å². The maximum absolute atomic E-state index is 13.2. The molecule has 172 valence electrons. The Morgan fingerprint density at radius 2 is 1.59 bits per heavy atom. The Morgan fingerprint density at radius 1 is 0.882 bits per heavy atom. The van der Waals surface area contributed by atoms with E-state index in [9.17, 15) is 9.18 Å². The van der Waals surface area contributed by atoms with Gasteiger partial charge >= 0.3 is 0 Å². The van der Waals surface area contributed by atoms with E-state index in [0.717, 1.165) is 49.4 Å². The first-order valence-corrected chi connectivity index (χ1v) is 11.7. The third kappa shape index (κ3) is 5.16. The average Bonchev–Trinajstić information content (AvgIpc) is 2.88. The van der Waals surface area contributed by atoms with Crippen LogP contribution in [-0.4, -0.2) is 37.0 Å². The van der Waals surface area contributed by atoms with E-state index < -0.39 is 0 Å². The Hall–Kier alpha value is -3.54. The van der Waals surface area contributed by atoms with Gasteiger partial charge in [-0.05, 0) is 63.4 Å². The van der Waals surface area contributed by atoms with Crippen molar-refractivity contribution in [3.8, 4) is 11.1 Å². The first-order valence-electron chi connectivity index (χ1n) is 11.7. The molecule has 34 heavy (non-hydrogen) atoms. The molecule has 2 N–H and O–H groups in total. The lowest BCUT2D eigenvalue weighted by Crippen LogP contribution is -2.42. The molecule has 0 radical (unpaired) electrons. The fraction of sp³-hybridized carbons (Fsp3) is 0.207. The molecule has 4 nitrogen and oxygen atoms in total. The molecular formula is C29H28FN3O. The van der Waals surface area contributed by atoms with Crippen LogP contribution < -0.4 is 10.6 Å². The highest BCUT2D eigenvalue weighted by Crippen LogP contribution is 2.22. The zero-order chi connectivity index (χ0) is 23.3. The predicted molar refractivity (Wildman–Crippen MR) is 135 cm³/mol. The summed E-state index contributed by atoms with van der Waals surface area (Å²) in [5.41, 5.74) is 4.88. The van der Waals surface area contributed by atoms with Crippen molar-refractivity contribution in [2.75, 3.05) is 26.2 Å². The number of benzene rings is 4. The van der Waals surface area contributed by atoms with Crippen LogP contribution in [0.25, 0.3) is 21.9 Å². The zero-order valence-electron chi connectivity index (χ0n) is 19.1. The van der Waals surface area contributed by atoms with Gasteiger partial charge in [0, 0.05) is 44.8 Å². The van der Waals surface area contributed by atoms with Gasteiger partial charge in [0.1, 0.15) is 5.82 Å². The summed E-state index contributed by atoms with van der Waals surface area (Å²) in [6.07, 6.45) is 0. The summed E-state index contributed by atoms with van der Waals surface area (Å²) in [5, 5.41) is 8.81. The number of nitrogens with zero attached hydrogens (tertiary/aromatic N) is 1. The fourth-order valence-corrected chi connectivity index (χ4v) is 4.51. The van der Waals surface area contributed by atoms with Gasteiger partial charge in [-0.2, -0.15) is 0 Å². The molecule has 4 aromatic rings. The standard InChI is InChI=1S/C29H28FN3O/c30-27-11-9-23(10-12-27)22-5-7-24(8-6-22)29(34)32-19-26-3-1-2-25-18-21(4-13-28(25)26)20-33-16-14-31-15-17-33/h1-13,18,31H,14-17,19-20H2,(H,32,34). The lowest BCUT2D eigenvalue weighted by molar-refractivity contribution is 0.0951. The van der Waals surface area contributed by atoms with Crippen molar-refractivity contribution in [1.82, 2.24) is 15.5 Å². The van der Waals surface area contributed by atoms with Gasteiger partial charge in [0.05, 0.1) is 0 Å². The third-order valence-corrected chi connectivity index (χ3v) is 6.41. The van der Waals surface area contributed by atoms with Crippen molar-refractivity contribution in [1.29, 1.82) is 0 Å². The van der Waals surface area contributed by atoms with E-state index in [4.69, 9.17) is 0 Å². The molecule has 1 amide bonds. The number of nitrogens with one attached hydrogen (secondary N) is 2. The lowest BCUT2D eigenvalue weighted by atomic mass is 10.0. The van der Waals surface area contributed by atoms with Crippen LogP contribution in [0.3, 0.4) is 0 Å². The van der Waals surface area contributed by atoms with Crippen molar-refractivity contribution in [3.05, 3.63) is 107 Å². The molecule has 0 saturated carbocycles. The third-order valence-electron chi connectivity index (χ3n) is 6.41. The molecule has 0 aromatic heterocycles. The minimum absolute atomic E-state index is 0.113. The quantitative estimate of drug-likeness (QED) is 0.433. The molecule has 1 aliphatic rings. The molecule has 1 aliphatic heterocycles. The molecule has 0 atom stereocenters. The van der Waals surface area contributed by atoms with Gasteiger partial charge in [-0.1, -0.05) is 54.6 Å². The van der Waals surface area contributed by atoms with Crippen molar-refractivity contribution in [2.45, 2.75) is 13.1 Å². The Kier molecular flexibility index (Phi) is 6.65. The van der Waals surface area contributed by atoms with Gasteiger partial charge < -0.3 is 10.6 Å². The molecule has 1 fully saturated rings. The number of carbonyl (C=O) groups excluding carboxylic acids is 1.